The van der Waals surface area contributed by atoms with Crippen molar-refractivity contribution in [1.29, 1.82) is 0 Å². The van der Waals surface area contributed by atoms with Gasteiger partial charge in [0.2, 0.25) is 0 Å². The minimum absolute atomic E-state index is 0.0848. The SMILES string of the molecule is O=C(OC[C@@H]1CC(O)O[C@H]1COCc1ccccc1)c1ccccc1. The largest absolute Gasteiger partial charge is 0.462 e. The smallest absolute Gasteiger partial charge is 0.338 e. The van der Waals surface area contributed by atoms with E-state index in [0.717, 1.165) is 5.56 Å². The maximum Gasteiger partial charge on any atom is 0.338 e. The molecule has 0 spiro atoms. The van der Waals surface area contributed by atoms with E-state index in [4.69, 9.17) is 14.2 Å². The fourth-order valence-corrected chi connectivity index (χ4v) is 2.84. The van der Waals surface area contributed by atoms with Crippen LogP contribution in [0.2, 0.25) is 0 Å². The monoisotopic (exact) mass is 342 g/mol. The summed E-state index contributed by atoms with van der Waals surface area (Å²) in [5.41, 5.74) is 1.59. The van der Waals surface area contributed by atoms with Gasteiger partial charge in [0, 0.05) is 12.3 Å². The highest BCUT2D eigenvalue weighted by Crippen LogP contribution is 2.26. The molecule has 5 heteroatoms. The third-order valence-electron chi connectivity index (χ3n) is 4.19. The lowest BCUT2D eigenvalue weighted by molar-refractivity contribution is -0.114. The van der Waals surface area contributed by atoms with Crippen LogP contribution >= 0.6 is 0 Å². The molecule has 1 heterocycles. The number of ether oxygens (including phenoxy) is 3. The summed E-state index contributed by atoms with van der Waals surface area (Å²) in [7, 11) is 0. The van der Waals surface area contributed by atoms with E-state index in [1.165, 1.54) is 0 Å². The lowest BCUT2D eigenvalue weighted by atomic mass is 10.0. The second-order valence-corrected chi connectivity index (χ2v) is 6.09. The number of rotatable bonds is 7. The van der Waals surface area contributed by atoms with Crippen molar-refractivity contribution in [2.45, 2.75) is 25.4 Å². The van der Waals surface area contributed by atoms with Crippen LogP contribution in [-0.2, 0) is 20.8 Å². The van der Waals surface area contributed by atoms with E-state index in [9.17, 15) is 9.90 Å². The Bertz CT molecular complexity index is 658. The Morgan fingerprint density at radius 3 is 2.44 bits per heavy atom. The number of aliphatic hydroxyl groups excluding tert-OH is 1. The van der Waals surface area contributed by atoms with Gasteiger partial charge in [-0.15, -0.1) is 0 Å². The lowest BCUT2D eigenvalue weighted by Crippen LogP contribution is -2.27. The summed E-state index contributed by atoms with van der Waals surface area (Å²) in [6, 6.07) is 18.7. The van der Waals surface area contributed by atoms with Crippen LogP contribution in [0.1, 0.15) is 22.3 Å². The summed E-state index contributed by atoms with van der Waals surface area (Å²) in [6.45, 7) is 1.02. The minimum atomic E-state index is -0.842. The van der Waals surface area contributed by atoms with Crippen LogP contribution in [0.25, 0.3) is 0 Å². The highest BCUT2D eigenvalue weighted by molar-refractivity contribution is 5.89. The Morgan fingerprint density at radius 2 is 1.72 bits per heavy atom. The van der Waals surface area contributed by atoms with Gasteiger partial charge in [0.05, 0.1) is 31.5 Å². The van der Waals surface area contributed by atoms with Crippen molar-refractivity contribution in [3.05, 3.63) is 71.8 Å². The third kappa shape index (κ3) is 5.13. The molecule has 132 valence electrons. The van der Waals surface area contributed by atoms with Crippen molar-refractivity contribution in [2.24, 2.45) is 5.92 Å². The Hall–Kier alpha value is -2.21. The molecule has 1 saturated heterocycles. The van der Waals surface area contributed by atoms with E-state index in [-0.39, 0.29) is 24.6 Å². The number of hydrogen-bond donors (Lipinski definition) is 1. The molecule has 3 atom stereocenters. The molecule has 0 radical (unpaired) electrons. The van der Waals surface area contributed by atoms with Gasteiger partial charge in [-0.25, -0.2) is 4.79 Å². The van der Waals surface area contributed by atoms with Crippen molar-refractivity contribution in [1.82, 2.24) is 0 Å². The van der Waals surface area contributed by atoms with Crippen LogP contribution in [0.4, 0.5) is 0 Å². The average molecular weight is 342 g/mol. The van der Waals surface area contributed by atoms with E-state index >= 15 is 0 Å². The minimum Gasteiger partial charge on any atom is -0.462 e. The van der Waals surface area contributed by atoms with Crippen LogP contribution in [0.3, 0.4) is 0 Å². The Morgan fingerprint density at radius 1 is 1.04 bits per heavy atom. The van der Waals surface area contributed by atoms with Crippen molar-refractivity contribution in [2.75, 3.05) is 13.2 Å². The highest BCUT2D eigenvalue weighted by atomic mass is 16.6. The summed E-state index contributed by atoms with van der Waals surface area (Å²) in [5.74, 6) is -0.454. The number of aliphatic hydroxyl groups is 1. The summed E-state index contributed by atoms with van der Waals surface area (Å²) >= 11 is 0. The molecule has 1 fully saturated rings. The molecule has 0 saturated carbocycles. The Labute approximate surface area is 147 Å². The van der Waals surface area contributed by atoms with Crippen LogP contribution in [0.5, 0.6) is 0 Å². The molecule has 0 aliphatic carbocycles. The molecule has 1 unspecified atom stereocenters. The van der Waals surface area contributed by atoms with Crippen LogP contribution < -0.4 is 0 Å². The maximum absolute atomic E-state index is 12.0. The van der Waals surface area contributed by atoms with Gasteiger partial charge in [-0.05, 0) is 17.7 Å². The molecule has 0 aromatic heterocycles. The summed E-state index contributed by atoms with van der Waals surface area (Å²) < 4.78 is 16.6. The fraction of sp³-hybridized carbons (Fsp3) is 0.350. The second-order valence-electron chi connectivity index (χ2n) is 6.09. The predicted octanol–water partition coefficient (Wildman–Crippen LogP) is 2.78. The topological polar surface area (TPSA) is 65.0 Å². The summed E-state index contributed by atoms with van der Waals surface area (Å²) in [4.78, 5) is 12.0. The van der Waals surface area contributed by atoms with Gasteiger partial charge in [0.15, 0.2) is 6.29 Å². The molecule has 1 aliphatic rings. The van der Waals surface area contributed by atoms with E-state index in [1.54, 1.807) is 24.3 Å². The van der Waals surface area contributed by atoms with Gasteiger partial charge in [0.25, 0.3) is 0 Å². The predicted molar refractivity (Wildman–Crippen MR) is 91.8 cm³/mol. The first-order valence-corrected chi connectivity index (χ1v) is 8.40. The third-order valence-corrected chi connectivity index (χ3v) is 4.19. The first-order chi connectivity index (χ1) is 12.2. The number of esters is 1. The average Bonchev–Trinajstić information content (AvgIpc) is 3.01. The zero-order valence-corrected chi connectivity index (χ0v) is 13.9. The first-order valence-electron chi connectivity index (χ1n) is 8.40. The molecule has 2 aromatic carbocycles. The van der Waals surface area contributed by atoms with Gasteiger partial charge in [-0.1, -0.05) is 48.5 Å². The van der Waals surface area contributed by atoms with Gasteiger partial charge in [0.1, 0.15) is 0 Å². The number of carbonyl (C=O) groups is 1. The molecule has 1 N–H and O–H groups in total. The lowest BCUT2D eigenvalue weighted by Gasteiger charge is -2.18. The van der Waals surface area contributed by atoms with E-state index < -0.39 is 6.29 Å². The maximum atomic E-state index is 12.0. The zero-order valence-electron chi connectivity index (χ0n) is 13.9. The number of carbonyl (C=O) groups excluding carboxylic acids is 1. The van der Waals surface area contributed by atoms with Gasteiger partial charge in [-0.3, -0.25) is 0 Å². The zero-order chi connectivity index (χ0) is 17.5. The van der Waals surface area contributed by atoms with E-state index in [2.05, 4.69) is 0 Å². The molecule has 3 rings (SSSR count). The quantitative estimate of drug-likeness (QED) is 0.784. The second kappa shape index (κ2) is 8.76. The number of hydrogen-bond acceptors (Lipinski definition) is 5. The van der Waals surface area contributed by atoms with Crippen LogP contribution in [0.15, 0.2) is 60.7 Å². The number of benzene rings is 2. The fourth-order valence-electron chi connectivity index (χ4n) is 2.84. The van der Waals surface area contributed by atoms with Gasteiger partial charge in [-0.2, -0.15) is 0 Å². The molecular formula is C20H22O5. The first kappa shape index (κ1) is 17.6. The van der Waals surface area contributed by atoms with Gasteiger partial charge >= 0.3 is 5.97 Å². The van der Waals surface area contributed by atoms with Crippen LogP contribution in [0, 0.1) is 5.92 Å². The summed E-state index contributed by atoms with van der Waals surface area (Å²) in [5, 5.41) is 9.75. The van der Waals surface area contributed by atoms with Crippen molar-refractivity contribution >= 4 is 5.97 Å². The molecule has 1 aliphatic heterocycles. The molecule has 0 bridgehead atoms. The highest BCUT2D eigenvalue weighted by Gasteiger charge is 2.35. The van der Waals surface area contributed by atoms with Gasteiger partial charge < -0.3 is 19.3 Å². The van der Waals surface area contributed by atoms with E-state index in [1.807, 2.05) is 36.4 Å². The van der Waals surface area contributed by atoms with Crippen molar-refractivity contribution in [3.63, 3.8) is 0 Å². The molecule has 5 nitrogen and oxygen atoms in total. The molecular weight excluding hydrogens is 320 g/mol. The Kier molecular flexibility index (Phi) is 6.17. The Balaban J connectivity index is 1.47. The van der Waals surface area contributed by atoms with Crippen molar-refractivity contribution < 1.29 is 24.1 Å². The van der Waals surface area contributed by atoms with Crippen LogP contribution in [-0.4, -0.2) is 36.7 Å². The normalized spacial score (nSPS) is 22.7. The summed E-state index contributed by atoms with van der Waals surface area (Å²) in [6.07, 6.45) is -0.699. The standard InChI is InChI=1S/C20H22O5/c21-19-11-17(13-24-20(22)16-9-5-2-6-10-16)18(25-19)14-23-12-15-7-3-1-4-8-15/h1-10,17-19,21H,11-14H2/t17-,18-,19?/m0/s1. The molecule has 0 amide bonds. The van der Waals surface area contributed by atoms with E-state index in [0.29, 0.717) is 25.2 Å². The molecule has 25 heavy (non-hydrogen) atoms. The molecule has 2 aromatic rings. The van der Waals surface area contributed by atoms with Crippen molar-refractivity contribution in [3.8, 4) is 0 Å².